The summed E-state index contributed by atoms with van der Waals surface area (Å²) in [5.74, 6) is -0.146. The minimum atomic E-state index is -4.57. The van der Waals surface area contributed by atoms with Crippen molar-refractivity contribution in [3.8, 4) is 16.9 Å². The van der Waals surface area contributed by atoms with Crippen LogP contribution in [-0.4, -0.2) is 24.9 Å². The Hall–Kier alpha value is -2.50. The molecule has 6 heteroatoms. The standard InChI is InChI=1S/C29H39F3O3/c1-3-5-7-9-10-12-22-34-26-20-18-24(19-21-26)23-14-16-25(17-15-23)28(33)35-27(29(30,31)32)13-11-8-6-4-2/h14-21,27H,3-13,22H2,1-2H3/t27-/m0/s1. The molecule has 0 radical (unpaired) electrons. The first-order valence-electron chi connectivity index (χ1n) is 13.0. The molecular formula is C29H39F3O3. The van der Waals surface area contributed by atoms with Crippen LogP contribution in [0.4, 0.5) is 13.2 Å². The second-order valence-electron chi connectivity index (χ2n) is 9.00. The summed E-state index contributed by atoms with van der Waals surface area (Å²) >= 11 is 0. The molecule has 35 heavy (non-hydrogen) atoms. The normalized spacial score (nSPS) is 12.4. The molecule has 2 rings (SSSR count). The zero-order chi connectivity index (χ0) is 25.5. The number of halogens is 3. The minimum absolute atomic E-state index is 0.107. The molecule has 0 aliphatic carbocycles. The third-order valence-electron chi connectivity index (χ3n) is 6.01. The lowest BCUT2D eigenvalue weighted by atomic mass is 10.0. The lowest BCUT2D eigenvalue weighted by Crippen LogP contribution is -2.33. The van der Waals surface area contributed by atoms with Gasteiger partial charge in [-0.1, -0.05) is 89.5 Å². The van der Waals surface area contributed by atoms with E-state index in [9.17, 15) is 18.0 Å². The maximum atomic E-state index is 13.3. The highest BCUT2D eigenvalue weighted by molar-refractivity contribution is 5.90. The van der Waals surface area contributed by atoms with Gasteiger partial charge >= 0.3 is 12.1 Å². The van der Waals surface area contributed by atoms with Gasteiger partial charge in [-0.2, -0.15) is 13.2 Å². The topological polar surface area (TPSA) is 35.5 Å². The number of alkyl halides is 3. The first-order valence-corrected chi connectivity index (χ1v) is 13.0. The van der Waals surface area contributed by atoms with E-state index < -0.39 is 18.2 Å². The summed E-state index contributed by atoms with van der Waals surface area (Å²) in [7, 11) is 0. The van der Waals surface area contributed by atoms with Crippen molar-refractivity contribution < 1.29 is 27.4 Å². The van der Waals surface area contributed by atoms with Crippen molar-refractivity contribution in [1.82, 2.24) is 0 Å². The molecule has 3 nitrogen and oxygen atoms in total. The van der Waals surface area contributed by atoms with Gasteiger partial charge in [0, 0.05) is 0 Å². The molecule has 2 aromatic rings. The smallest absolute Gasteiger partial charge is 0.425 e. The van der Waals surface area contributed by atoms with Crippen LogP contribution in [0, 0.1) is 0 Å². The quantitative estimate of drug-likeness (QED) is 0.173. The summed E-state index contributed by atoms with van der Waals surface area (Å²) < 4.78 is 50.5. The maximum Gasteiger partial charge on any atom is 0.425 e. The van der Waals surface area contributed by atoms with Gasteiger partial charge in [0.05, 0.1) is 12.2 Å². The molecule has 0 bridgehead atoms. The van der Waals surface area contributed by atoms with Crippen LogP contribution in [-0.2, 0) is 4.74 Å². The third kappa shape index (κ3) is 10.7. The highest BCUT2D eigenvalue weighted by Crippen LogP contribution is 2.29. The summed E-state index contributed by atoms with van der Waals surface area (Å²) in [6.07, 6.45) is 3.29. The van der Waals surface area contributed by atoms with Gasteiger partial charge in [-0.15, -0.1) is 0 Å². The second kappa shape index (κ2) is 15.5. The number of hydrogen-bond acceptors (Lipinski definition) is 3. The number of carbonyl (C=O) groups is 1. The van der Waals surface area contributed by atoms with Crippen LogP contribution >= 0.6 is 0 Å². The van der Waals surface area contributed by atoms with Crippen LogP contribution in [0.2, 0.25) is 0 Å². The number of benzene rings is 2. The fourth-order valence-corrected chi connectivity index (χ4v) is 3.86. The first-order chi connectivity index (χ1) is 16.8. The Kier molecular flexibility index (Phi) is 12.7. The van der Waals surface area contributed by atoms with E-state index in [2.05, 4.69) is 6.92 Å². The van der Waals surface area contributed by atoms with Gasteiger partial charge < -0.3 is 9.47 Å². The van der Waals surface area contributed by atoms with E-state index in [-0.39, 0.29) is 12.0 Å². The predicted octanol–water partition coefficient (Wildman–Crippen LogP) is 9.15. The van der Waals surface area contributed by atoms with Crippen molar-refractivity contribution in [3.05, 3.63) is 54.1 Å². The zero-order valence-electron chi connectivity index (χ0n) is 21.0. The Bertz CT molecular complexity index is 845. The van der Waals surface area contributed by atoms with Crippen LogP contribution in [0.3, 0.4) is 0 Å². The fraction of sp³-hybridized carbons (Fsp3) is 0.552. The Labute approximate surface area is 208 Å². The van der Waals surface area contributed by atoms with E-state index in [0.29, 0.717) is 19.4 Å². The minimum Gasteiger partial charge on any atom is -0.494 e. The van der Waals surface area contributed by atoms with Gasteiger partial charge in [-0.05, 0) is 54.7 Å². The Balaban J connectivity index is 1.86. The molecule has 0 amide bonds. The van der Waals surface area contributed by atoms with Crippen LogP contribution in [0.1, 0.15) is 94.8 Å². The molecular weight excluding hydrogens is 453 g/mol. The predicted molar refractivity (Wildman–Crippen MR) is 135 cm³/mol. The van der Waals surface area contributed by atoms with E-state index in [4.69, 9.17) is 9.47 Å². The average molecular weight is 493 g/mol. The van der Waals surface area contributed by atoms with Crippen LogP contribution < -0.4 is 4.74 Å². The molecule has 1 atom stereocenters. The fourth-order valence-electron chi connectivity index (χ4n) is 3.86. The summed E-state index contributed by atoms with van der Waals surface area (Å²) in [4.78, 5) is 12.3. The molecule has 2 aromatic carbocycles. The van der Waals surface area contributed by atoms with Crippen molar-refractivity contribution in [2.45, 2.75) is 96.8 Å². The second-order valence-corrected chi connectivity index (χ2v) is 9.00. The van der Waals surface area contributed by atoms with Crippen LogP contribution in [0.5, 0.6) is 5.75 Å². The number of rotatable bonds is 16. The van der Waals surface area contributed by atoms with Gasteiger partial charge in [-0.25, -0.2) is 4.79 Å². The molecule has 0 aliphatic heterocycles. The van der Waals surface area contributed by atoms with Gasteiger partial charge in [0.15, 0.2) is 6.10 Å². The molecule has 0 saturated heterocycles. The summed E-state index contributed by atoms with van der Waals surface area (Å²) in [5.41, 5.74) is 1.90. The van der Waals surface area contributed by atoms with Gasteiger partial charge in [0.25, 0.3) is 0 Å². The average Bonchev–Trinajstić information content (AvgIpc) is 2.85. The molecule has 0 N–H and O–H groups in total. The summed E-state index contributed by atoms with van der Waals surface area (Å²) in [5, 5.41) is 0. The van der Waals surface area contributed by atoms with Crippen molar-refractivity contribution >= 4 is 5.97 Å². The number of unbranched alkanes of at least 4 members (excludes halogenated alkanes) is 8. The van der Waals surface area contributed by atoms with Crippen molar-refractivity contribution in [3.63, 3.8) is 0 Å². The van der Waals surface area contributed by atoms with E-state index >= 15 is 0 Å². The van der Waals surface area contributed by atoms with E-state index in [1.54, 1.807) is 12.1 Å². The Morgan fingerprint density at radius 2 is 1.26 bits per heavy atom. The Morgan fingerprint density at radius 3 is 1.83 bits per heavy atom. The van der Waals surface area contributed by atoms with E-state index in [1.807, 2.05) is 31.2 Å². The van der Waals surface area contributed by atoms with Crippen LogP contribution in [0.25, 0.3) is 11.1 Å². The summed E-state index contributed by atoms with van der Waals surface area (Å²) in [6, 6.07) is 14.1. The monoisotopic (exact) mass is 492 g/mol. The molecule has 0 aliphatic rings. The number of ether oxygens (including phenoxy) is 2. The van der Waals surface area contributed by atoms with Crippen LogP contribution in [0.15, 0.2) is 48.5 Å². The lowest BCUT2D eigenvalue weighted by Gasteiger charge is -2.20. The Morgan fingerprint density at radius 1 is 0.743 bits per heavy atom. The van der Waals surface area contributed by atoms with Gasteiger partial charge in [-0.3, -0.25) is 0 Å². The number of carbonyl (C=O) groups excluding carboxylic acids is 1. The molecule has 0 aromatic heterocycles. The van der Waals surface area contributed by atoms with Gasteiger partial charge in [0.1, 0.15) is 5.75 Å². The number of esters is 1. The highest BCUT2D eigenvalue weighted by Gasteiger charge is 2.42. The molecule has 194 valence electrons. The molecule has 0 fully saturated rings. The van der Waals surface area contributed by atoms with E-state index in [0.717, 1.165) is 36.1 Å². The molecule has 0 spiro atoms. The molecule has 0 unspecified atom stereocenters. The van der Waals surface area contributed by atoms with Crippen molar-refractivity contribution in [2.75, 3.05) is 6.61 Å². The zero-order valence-corrected chi connectivity index (χ0v) is 21.0. The molecule has 0 heterocycles. The van der Waals surface area contributed by atoms with Crippen molar-refractivity contribution in [2.24, 2.45) is 0 Å². The maximum absolute atomic E-state index is 13.3. The highest BCUT2D eigenvalue weighted by atomic mass is 19.4. The molecule has 0 saturated carbocycles. The number of hydrogen-bond donors (Lipinski definition) is 0. The van der Waals surface area contributed by atoms with Crippen molar-refractivity contribution in [1.29, 1.82) is 0 Å². The van der Waals surface area contributed by atoms with E-state index in [1.165, 1.54) is 44.2 Å². The SMILES string of the molecule is CCCCCCCCOc1ccc(-c2ccc(C(=O)O[C@@H](CCCCCC)C(F)(F)F)cc2)cc1. The summed E-state index contributed by atoms with van der Waals surface area (Å²) in [6.45, 7) is 4.89. The van der Waals surface area contributed by atoms with Gasteiger partial charge in [0.2, 0.25) is 0 Å². The third-order valence-corrected chi connectivity index (χ3v) is 6.01. The first kappa shape index (κ1) is 28.7. The lowest BCUT2D eigenvalue weighted by molar-refractivity contribution is -0.206. The largest absolute Gasteiger partial charge is 0.494 e.